The molecule has 0 radical (unpaired) electrons. The average molecular weight is 279 g/mol. The van der Waals surface area contributed by atoms with Gasteiger partial charge in [-0.3, -0.25) is 4.79 Å². The van der Waals surface area contributed by atoms with Gasteiger partial charge in [0.25, 0.3) is 5.91 Å². The van der Waals surface area contributed by atoms with Crippen LogP contribution in [0.5, 0.6) is 5.75 Å². The van der Waals surface area contributed by atoms with Crippen molar-refractivity contribution < 1.29 is 14.7 Å². The van der Waals surface area contributed by atoms with Crippen LogP contribution in [0.3, 0.4) is 0 Å². The molecular formula is C14H21N3O3. The zero-order chi connectivity index (χ0) is 15.1. The number of carbonyl (C=O) groups excluding carboxylic acids is 1. The second kappa shape index (κ2) is 7.37. The molecule has 1 rings (SSSR count). The number of benzene rings is 1. The lowest BCUT2D eigenvalue weighted by atomic mass is 10.1. The molecule has 1 atom stereocenters. The van der Waals surface area contributed by atoms with Crippen molar-refractivity contribution in [3.05, 3.63) is 29.8 Å². The van der Waals surface area contributed by atoms with Crippen molar-refractivity contribution in [1.29, 1.82) is 0 Å². The Morgan fingerprint density at radius 1 is 1.45 bits per heavy atom. The second-order valence-corrected chi connectivity index (χ2v) is 4.83. The first-order valence-corrected chi connectivity index (χ1v) is 6.46. The topological polar surface area (TPSA) is 96.9 Å². The van der Waals surface area contributed by atoms with E-state index in [0.717, 1.165) is 0 Å². The lowest BCUT2D eigenvalue weighted by Gasteiger charge is -2.13. The highest BCUT2D eigenvalue weighted by Crippen LogP contribution is 2.14. The third-order valence-corrected chi connectivity index (χ3v) is 2.66. The van der Waals surface area contributed by atoms with Crippen molar-refractivity contribution in [2.45, 2.75) is 26.9 Å². The van der Waals surface area contributed by atoms with Gasteiger partial charge in [0.2, 0.25) is 0 Å². The van der Waals surface area contributed by atoms with E-state index in [0.29, 0.717) is 17.9 Å². The minimum Gasteiger partial charge on any atom is -0.491 e. The number of oxime groups is 1. The van der Waals surface area contributed by atoms with Gasteiger partial charge in [0.05, 0.1) is 6.10 Å². The van der Waals surface area contributed by atoms with E-state index in [1.165, 1.54) is 0 Å². The maximum absolute atomic E-state index is 12.0. The molecule has 0 heterocycles. The Balaban J connectivity index is 2.64. The molecule has 0 saturated heterocycles. The quantitative estimate of drug-likeness (QED) is 0.319. The third kappa shape index (κ3) is 4.79. The zero-order valence-electron chi connectivity index (χ0n) is 12.0. The molecule has 1 aromatic rings. The van der Waals surface area contributed by atoms with Crippen LogP contribution in [0.1, 0.15) is 31.1 Å². The molecule has 1 amide bonds. The summed E-state index contributed by atoms with van der Waals surface area (Å²) in [6, 6.07) is 6.95. The summed E-state index contributed by atoms with van der Waals surface area (Å²) < 4.78 is 5.53. The summed E-state index contributed by atoms with van der Waals surface area (Å²) in [6.07, 6.45) is 0.0499. The predicted octanol–water partition coefficient (Wildman–Crippen LogP) is 1.59. The summed E-state index contributed by atoms with van der Waals surface area (Å²) in [6.45, 7) is 5.90. The number of rotatable bonds is 6. The number of nitrogens with zero attached hydrogens (tertiary/aromatic N) is 1. The van der Waals surface area contributed by atoms with Crippen LogP contribution in [0.15, 0.2) is 29.4 Å². The number of amides is 1. The molecule has 20 heavy (non-hydrogen) atoms. The van der Waals surface area contributed by atoms with Gasteiger partial charge < -0.3 is 21.0 Å². The molecule has 6 heteroatoms. The van der Waals surface area contributed by atoms with E-state index in [1.807, 2.05) is 13.8 Å². The number of hydrogen-bond acceptors (Lipinski definition) is 4. The molecule has 110 valence electrons. The number of hydrogen-bond donors (Lipinski definition) is 3. The normalized spacial score (nSPS) is 13.1. The van der Waals surface area contributed by atoms with Crippen molar-refractivity contribution in [3.63, 3.8) is 0 Å². The highest BCUT2D eigenvalue weighted by Gasteiger charge is 2.11. The summed E-state index contributed by atoms with van der Waals surface area (Å²) in [5, 5.41) is 14.2. The average Bonchev–Trinajstić information content (AvgIpc) is 2.43. The fourth-order valence-corrected chi connectivity index (χ4v) is 1.53. The number of ether oxygens (including phenoxy) is 1. The maximum Gasteiger partial charge on any atom is 0.251 e. The molecule has 0 spiro atoms. The summed E-state index contributed by atoms with van der Waals surface area (Å²) >= 11 is 0. The molecule has 4 N–H and O–H groups in total. The van der Waals surface area contributed by atoms with Crippen molar-refractivity contribution >= 4 is 11.7 Å². The van der Waals surface area contributed by atoms with Crippen LogP contribution in [0, 0.1) is 5.92 Å². The maximum atomic E-state index is 12.0. The van der Waals surface area contributed by atoms with Gasteiger partial charge in [-0.05, 0) is 32.0 Å². The lowest BCUT2D eigenvalue weighted by molar-refractivity contribution is 0.0950. The Bertz CT molecular complexity index is 486. The van der Waals surface area contributed by atoms with E-state index >= 15 is 0 Å². The van der Waals surface area contributed by atoms with E-state index in [9.17, 15) is 4.79 Å². The van der Waals surface area contributed by atoms with Crippen molar-refractivity contribution in [2.75, 3.05) is 6.54 Å². The molecule has 0 aliphatic carbocycles. The highest BCUT2D eigenvalue weighted by atomic mass is 16.5. The van der Waals surface area contributed by atoms with Gasteiger partial charge in [0.15, 0.2) is 0 Å². The lowest BCUT2D eigenvalue weighted by Crippen LogP contribution is -2.34. The van der Waals surface area contributed by atoms with Gasteiger partial charge in [-0.15, -0.1) is 0 Å². The summed E-state index contributed by atoms with van der Waals surface area (Å²) in [5.41, 5.74) is 5.96. The van der Waals surface area contributed by atoms with Crippen LogP contribution in [-0.4, -0.2) is 29.6 Å². The fourth-order valence-electron chi connectivity index (χ4n) is 1.53. The second-order valence-electron chi connectivity index (χ2n) is 4.83. The van der Waals surface area contributed by atoms with E-state index < -0.39 is 0 Å². The Labute approximate surface area is 118 Å². The monoisotopic (exact) mass is 279 g/mol. The predicted molar refractivity (Wildman–Crippen MR) is 77.1 cm³/mol. The van der Waals surface area contributed by atoms with E-state index in [2.05, 4.69) is 10.5 Å². The molecule has 0 aliphatic heterocycles. The number of carbonyl (C=O) groups is 1. The first-order valence-electron chi connectivity index (χ1n) is 6.46. The van der Waals surface area contributed by atoms with Crippen LogP contribution < -0.4 is 15.8 Å². The van der Waals surface area contributed by atoms with Crippen LogP contribution in [0.4, 0.5) is 0 Å². The van der Waals surface area contributed by atoms with E-state index in [4.69, 9.17) is 15.7 Å². The first-order chi connectivity index (χ1) is 9.43. The summed E-state index contributed by atoms with van der Waals surface area (Å²) in [4.78, 5) is 12.0. The number of nitrogens with one attached hydrogen (secondary N) is 1. The Morgan fingerprint density at radius 3 is 2.75 bits per heavy atom. The Morgan fingerprint density at radius 2 is 2.15 bits per heavy atom. The van der Waals surface area contributed by atoms with Gasteiger partial charge in [0, 0.05) is 18.0 Å². The molecule has 1 unspecified atom stereocenters. The Hall–Kier alpha value is -2.24. The number of nitrogens with two attached hydrogens (primary N) is 1. The zero-order valence-corrected chi connectivity index (χ0v) is 12.0. The molecule has 0 aliphatic rings. The standard InChI is InChI=1S/C14H21N3O3/c1-9(2)20-12-6-4-5-11(7-12)14(18)16-8-10(3)13(15)17-19/h4-7,9-10,19H,8H2,1-3H3,(H2,15,17)(H,16,18). The SMILES string of the molecule is CC(C)Oc1cccc(C(=O)NCC(C)C(N)=NO)c1. The van der Waals surface area contributed by atoms with E-state index in [1.54, 1.807) is 31.2 Å². The molecule has 0 aromatic heterocycles. The Kier molecular flexibility index (Phi) is 5.83. The number of amidine groups is 1. The van der Waals surface area contributed by atoms with Gasteiger partial charge in [-0.2, -0.15) is 0 Å². The minimum atomic E-state index is -0.237. The van der Waals surface area contributed by atoms with Crippen molar-refractivity contribution in [2.24, 2.45) is 16.8 Å². The molecule has 6 nitrogen and oxygen atoms in total. The van der Waals surface area contributed by atoms with Gasteiger partial charge in [0.1, 0.15) is 11.6 Å². The van der Waals surface area contributed by atoms with Crippen LogP contribution >= 0.6 is 0 Å². The molecule has 0 saturated carbocycles. The fraction of sp³-hybridized carbons (Fsp3) is 0.429. The third-order valence-electron chi connectivity index (χ3n) is 2.66. The molecule has 0 fully saturated rings. The van der Waals surface area contributed by atoms with E-state index in [-0.39, 0.29) is 23.8 Å². The van der Waals surface area contributed by atoms with Gasteiger partial charge in [-0.1, -0.05) is 18.1 Å². The molecular weight excluding hydrogens is 258 g/mol. The largest absolute Gasteiger partial charge is 0.491 e. The van der Waals surface area contributed by atoms with Crippen LogP contribution in [0.25, 0.3) is 0 Å². The van der Waals surface area contributed by atoms with Gasteiger partial charge >= 0.3 is 0 Å². The minimum absolute atomic E-state index is 0.0499. The molecule has 1 aromatic carbocycles. The molecule has 0 bridgehead atoms. The summed E-state index contributed by atoms with van der Waals surface area (Å²) in [5.74, 6) is 0.273. The van der Waals surface area contributed by atoms with Gasteiger partial charge in [-0.25, -0.2) is 0 Å². The summed E-state index contributed by atoms with van der Waals surface area (Å²) in [7, 11) is 0. The smallest absolute Gasteiger partial charge is 0.251 e. The first kappa shape index (κ1) is 15.8. The van der Waals surface area contributed by atoms with Crippen LogP contribution in [-0.2, 0) is 0 Å². The van der Waals surface area contributed by atoms with Crippen molar-refractivity contribution in [3.8, 4) is 5.75 Å². The highest BCUT2D eigenvalue weighted by molar-refractivity contribution is 5.95. The van der Waals surface area contributed by atoms with Crippen LogP contribution in [0.2, 0.25) is 0 Å². The van der Waals surface area contributed by atoms with Crippen molar-refractivity contribution in [1.82, 2.24) is 5.32 Å².